The third-order valence-corrected chi connectivity index (χ3v) is 4.10. The minimum Gasteiger partial charge on any atom is -0.477 e. The third kappa shape index (κ3) is 2.74. The number of pyridine rings is 1. The molecule has 0 amide bonds. The molecule has 0 saturated carbocycles. The van der Waals surface area contributed by atoms with Crippen molar-refractivity contribution in [3.8, 4) is 0 Å². The number of fused-ring (bicyclic) bond motifs is 1. The van der Waals surface area contributed by atoms with Gasteiger partial charge >= 0.3 is 5.97 Å². The molecule has 104 valence electrons. The molecule has 20 heavy (non-hydrogen) atoms. The molecule has 0 bridgehead atoms. The van der Waals surface area contributed by atoms with Crippen LogP contribution in [-0.4, -0.2) is 21.0 Å². The number of H-pyrrole nitrogens is 1. The van der Waals surface area contributed by atoms with Crippen LogP contribution in [0.5, 0.6) is 0 Å². The molecule has 2 aromatic rings. The standard InChI is InChI=1S/C16H18N2O2/c19-16(20)15-9-12(10-18-15)4-3-11-5-6-13-2-1-7-17-14(13)8-11/h1-2,7,9-11,18H,3-6,8H2,(H,19,20). The fourth-order valence-electron chi connectivity index (χ4n) is 2.94. The Labute approximate surface area is 117 Å². The number of aromatic nitrogens is 2. The molecule has 3 rings (SSSR count). The zero-order chi connectivity index (χ0) is 13.9. The second-order valence-electron chi connectivity index (χ2n) is 5.48. The lowest BCUT2D eigenvalue weighted by atomic mass is 9.84. The zero-order valence-electron chi connectivity index (χ0n) is 11.3. The molecule has 1 atom stereocenters. The summed E-state index contributed by atoms with van der Waals surface area (Å²) in [5, 5.41) is 8.88. The minimum absolute atomic E-state index is 0.274. The van der Waals surface area contributed by atoms with Crippen LogP contribution in [0.3, 0.4) is 0 Å². The van der Waals surface area contributed by atoms with E-state index >= 15 is 0 Å². The van der Waals surface area contributed by atoms with Gasteiger partial charge in [-0.1, -0.05) is 6.07 Å². The van der Waals surface area contributed by atoms with Crippen LogP contribution < -0.4 is 0 Å². The SMILES string of the molecule is O=C(O)c1cc(CCC2CCc3cccnc3C2)c[nH]1. The summed E-state index contributed by atoms with van der Waals surface area (Å²) < 4.78 is 0. The van der Waals surface area contributed by atoms with Gasteiger partial charge in [0.15, 0.2) is 0 Å². The topological polar surface area (TPSA) is 66.0 Å². The first-order chi connectivity index (χ1) is 9.72. The van der Waals surface area contributed by atoms with E-state index in [2.05, 4.69) is 16.0 Å². The Morgan fingerprint density at radius 1 is 1.50 bits per heavy atom. The molecule has 0 radical (unpaired) electrons. The predicted octanol–water partition coefficient (Wildman–Crippen LogP) is 2.85. The fourth-order valence-corrected chi connectivity index (χ4v) is 2.94. The number of nitrogens with one attached hydrogen (secondary N) is 1. The lowest BCUT2D eigenvalue weighted by Gasteiger charge is -2.23. The van der Waals surface area contributed by atoms with E-state index < -0.39 is 5.97 Å². The van der Waals surface area contributed by atoms with E-state index in [1.807, 2.05) is 12.3 Å². The number of hydrogen-bond donors (Lipinski definition) is 2. The van der Waals surface area contributed by atoms with Gasteiger partial charge in [0, 0.05) is 18.1 Å². The third-order valence-electron chi connectivity index (χ3n) is 4.10. The van der Waals surface area contributed by atoms with Crippen molar-refractivity contribution in [3.63, 3.8) is 0 Å². The summed E-state index contributed by atoms with van der Waals surface area (Å²) in [6.45, 7) is 0. The number of aryl methyl sites for hydroxylation is 2. The van der Waals surface area contributed by atoms with Gasteiger partial charge in [-0.25, -0.2) is 4.79 Å². The van der Waals surface area contributed by atoms with Crippen LogP contribution in [0.4, 0.5) is 0 Å². The van der Waals surface area contributed by atoms with Crippen LogP contribution in [0.15, 0.2) is 30.6 Å². The Bertz CT molecular complexity index is 618. The number of nitrogens with zero attached hydrogens (tertiary/aromatic N) is 1. The average Bonchev–Trinajstić information content (AvgIpc) is 2.94. The fraction of sp³-hybridized carbons (Fsp3) is 0.375. The molecule has 1 unspecified atom stereocenters. The number of hydrogen-bond acceptors (Lipinski definition) is 2. The highest BCUT2D eigenvalue weighted by Gasteiger charge is 2.19. The van der Waals surface area contributed by atoms with Gasteiger partial charge < -0.3 is 10.1 Å². The summed E-state index contributed by atoms with van der Waals surface area (Å²) >= 11 is 0. The lowest BCUT2D eigenvalue weighted by molar-refractivity contribution is 0.0691. The van der Waals surface area contributed by atoms with Crippen molar-refractivity contribution in [1.29, 1.82) is 0 Å². The number of aromatic amines is 1. The Hall–Kier alpha value is -2.10. The van der Waals surface area contributed by atoms with Gasteiger partial charge in [0.05, 0.1) is 0 Å². The van der Waals surface area contributed by atoms with E-state index in [9.17, 15) is 4.79 Å². The molecule has 0 spiro atoms. The molecule has 2 heterocycles. The van der Waals surface area contributed by atoms with Crippen molar-refractivity contribution < 1.29 is 9.90 Å². The van der Waals surface area contributed by atoms with Gasteiger partial charge in [0.2, 0.25) is 0 Å². The highest BCUT2D eigenvalue weighted by atomic mass is 16.4. The number of carboxylic acid groups (broad SMARTS) is 1. The van der Waals surface area contributed by atoms with Crippen LogP contribution in [0.1, 0.15) is 40.2 Å². The molecular formula is C16H18N2O2. The first-order valence-electron chi connectivity index (χ1n) is 7.05. The molecule has 0 aromatic carbocycles. The maximum Gasteiger partial charge on any atom is 0.352 e. The highest BCUT2D eigenvalue weighted by Crippen LogP contribution is 2.27. The Morgan fingerprint density at radius 2 is 2.40 bits per heavy atom. The molecule has 1 aliphatic carbocycles. The number of carbonyl (C=O) groups is 1. The zero-order valence-corrected chi connectivity index (χ0v) is 11.3. The van der Waals surface area contributed by atoms with Gasteiger partial charge in [0.1, 0.15) is 5.69 Å². The first-order valence-corrected chi connectivity index (χ1v) is 7.05. The van der Waals surface area contributed by atoms with Crippen molar-refractivity contribution >= 4 is 5.97 Å². The quantitative estimate of drug-likeness (QED) is 0.897. The maximum absolute atomic E-state index is 10.8. The summed E-state index contributed by atoms with van der Waals surface area (Å²) in [5.74, 6) is -0.243. The number of rotatable bonds is 4. The highest BCUT2D eigenvalue weighted by molar-refractivity contribution is 5.85. The normalized spacial score (nSPS) is 17.7. The summed E-state index contributed by atoms with van der Waals surface area (Å²) in [4.78, 5) is 18.1. The molecule has 4 heteroatoms. The Kier molecular flexibility index (Phi) is 3.54. The van der Waals surface area contributed by atoms with Gasteiger partial charge in [-0.05, 0) is 61.3 Å². The monoisotopic (exact) mass is 270 g/mol. The summed E-state index contributed by atoms with van der Waals surface area (Å²) in [6, 6.07) is 5.91. The van der Waals surface area contributed by atoms with Gasteiger partial charge in [-0.3, -0.25) is 4.98 Å². The van der Waals surface area contributed by atoms with E-state index in [4.69, 9.17) is 5.11 Å². The Morgan fingerprint density at radius 3 is 3.20 bits per heavy atom. The van der Waals surface area contributed by atoms with E-state index in [0.717, 1.165) is 31.2 Å². The van der Waals surface area contributed by atoms with E-state index in [1.54, 1.807) is 12.3 Å². The summed E-state index contributed by atoms with van der Waals surface area (Å²) in [6.07, 6.45) is 9.05. The van der Waals surface area contributed by atoms with Gasteiger partial charge in [-0.15, -0.1) is 0 Å². The van der Waals surface area contributed by atoms with Crippen LogP contribution >= 0.6 is 0 Å². The number of carboxylic acids is 1. The van der Waals surface area contributed by atoms with Crippen molar-refractivity contribution in [3.05, 3.63) is 53.1 Å². The molecule has 0 aliphatic heterocycles. The number of aromatic carboxylic acids is 1. The maximum atomic E-state index is 10.8. The predicted molar refractivity (Wildman–Crippen MR) is 75.8 cm³/mol. The van der Waals surface area contributed by atoms with Crippen LogP contribution in [0.2, 0.25) is 0 Å². The average molecular weight is 270 g/mol. The van der Waals surface area contributed by atoms with Crippen molar-refractivity contribution in [1.82, 2.24) is 9.97 Å². The molecular weight excluding hydrogens is 252 g/mol. The lowest BCUT2D eigenvalue weighted by Crippen LogP contribution is -2.16. The van der Waals surface area contributed by atoms with Gasteiger partial charge in [-0.2, -0.15) is 0 Å². The van der Waals surface area contributed by atoms with Crippen molar-refractivity contribution in [2.24, 2.45) is 5.92 Å². The smallest absolute Gasteiger partial charge is 0.352 e. The van der Waals surface area contributed by atoms with Crippen LogP contribution in [0.25, 0.3) is 0 Å². The summed E-state index contributed by atoms with van der Waals surface area (Å²) in [7, 11) is 0. The molecule has 4 nitrogen and oxygen atoms in total. The van der Waals surface area contributed by atoms with Crippen molar-refractivity contribution in [2.45, 2.75) is 32.1 Å². The molecule has 0 fully saturated rings. The van der Waals surface area contributed by atoms with Crippen molar-refractivity contribution in [2.75, 3.05) is 0 Å². The summed E-state index contributed by atoms with van der Waals surface area (Å²) in [5.41, 5.74) is 3.98. The van der Waals surface area contributed by atoms with Crippen LogP contribution in [0, 0.1) is 5.92 Å². The van der Waals surface area contributed by atoms with Gasteiger partial charge in [0.25, 0.3) is 0 Å². The molecule has 2 aromatic heterocycles. The second kappa shape index (κ2) is 5.49. The molecule has 1 aliphatic rings. The van der Waals surface area contributed by atoms with E-state index in [-0.39, 0.29) is 5.69 Å². The second-order valence-corrected chi connectivity index (χ2v) is 5.48. The van der Waals surface area contributed by atoms with E-state index in [0.29, 0.717) is 5.92 Å². The molecule has 0 saturated heterocycles. The minimum atomic E-state index is -0.896. The first kappa shape index (κ1) is 12.9. The van der Waals surface area contributed by atoms with E-state index in [1.165, 1.54) is 17.7 Å². The Balaban J connectivity index is 1.58. The largest absolute Gasteiger partial charge is 0.477 e. The molecule has 2 N–H and O–H groups in total. The van der Waals surface area contributed by atoms with Crippen LogP contribution in [-0.2, 0) is 19.3 Å².